The molecular weight excluding hydrogens is 318 g/mol. The molecule has 2 heterocycles. The van der Waals surface area contributed by atoms with E-state index in [9.17, 15) is 9.59 Å². The average molecular weight is 341 g/mol. The van der Waals surface area contributed by atoms with Crippen LogP contribution in [0.1, 0.15) is 17.7 Å². The van der Waals surface area contributed by atoms with Crippen LogP contribution >= 0.6 is 0 Å². The van der Waals surface area contributed by atoms with E-state index < -0.39 is 0 Å². The first-order chi connectivity index (χ1) is 12.2. The summed E-state index contributed by atoms with van der Waals surface area (Å²) in [4.78, 5) is 25.8. The number of urea groups is 1. The van der Waals surface area contributed by atoms with Crippen molar-refractivity contribution in [3.63, 3.8) is 0 Å². The summed E-state index contributed by atoms with van der Waals surface area (Å²) in [5.41, 5.74) is 1.30. The smallest absolute Gasteiger partial charge is 0.317 e. The first-order valence-electron chi connectivity index (χ1n) is 8.56. The lowest BCUT2D eigenvalue weighted by atomic mass is 9.99. The minimum absolute atomic E-state index is 0.0284. The van der Waals surface area contributed by atoms with E-state index >= 15 is 0 Å². The Bertz CT molecular complexity index is 685. The lowest BCUT2D eigenvalue weighted by Crippen LogP contribution is -2.43. The minimum atomic E-state index is -0.232. The predicted molar refractivity (Wildman–Crippen MR) is 93.8 cm³/mol. The highest BCUT2D eigenvalue weighted by atomic mass is 16.3. The van der Waals surface area contributed by atoms with Gasteiger partial charge in [0.25, 0.3) is 0 Å². The van der Waals surface area contributed by atoms with Gasteiger partial charge in [0, 0.05) is 13.1 Å². The zero-order chi connectivity index (χ0) is 17.5. The maximum atomic E-state index is 12.2. The molecule has 1 aromatic carbocycles. The van der Waals surface area contributed by atoms with Gasteiger partial charge in [-0.05, 0) is 36.5 Å². The van der Waals surface area contributed by atoms with E-state index in [0.29, 0.717) is 18.2 Å². The van der Waals surface area contributed by atoms with E-state index in [2.05, 4.69) is 22.8 Å². The molecule has 0 saturated carbocycles. The molecule has 25 heavy (non-hydrogen) atoms. The molecule has 0 bridgehead atoms. The summed E-state index contributed by atoms with van der Waals surface area (Å²) in [6.07, 6.45) is 3.53. The Morgan fingerprint density at radius 1 is 1.12 bits per heavy atom. The van der Waals surface area contributed by atoms with Crippen LogP contribution in [-0.2, 0) is 17.8 Å². The van der Waals surface area contributed by atoms with Gasteiger partial charge in [-0.15, -0.1) is 0 Å². The van der Waals surface area contributed by atoms with Gasteiger partial charge in [0.1, 0.15) is 5.76 Å². The van der Waals surface area contributed by atoms with Crippen molar-refractivity contribution in [1.82, 2.24) is 15.5 Å². The van der Waals surface area contributed by atoms with E-state index in [1.54, 1.807) is 23.3 Å². The van der Waals surface area contributed by atoms with Gasteiger partial charge in [-0.2, -0.15) is 0 Å². The quantitative estimate of drug-likeness (QED) is 0.846. The Hall–Kier alpha value is -2.76. The number of nitrogens with zero attached hydrogens (tertiary/aromatic N) is 1. The number of nitrogens with one attached hydrogen (secondary N) is 2. The van der Waals surface area contributed by atoms with Crippen molar-refractivity contribution < 1.29 is 14.0 Å². The summed E-state index contributed by atoms with van der Waals surface area (Å²) < 4.78 is 5.14. The maximum absolute atomic E-state index is 12.2. The van der Waals surface area contributed by atoms with E-state index in [1.165, 1.54) is 5.56 Å². The topological polar surface area (TPSA) is 74.6 Å². The zero-order valence-electron chi connectivity index (χ0n) is 14.1. The molecule has 3 rings (SSSR count). The molecule has 0 radical (unpaired) electrons. The Balaban J connectivity index is 1.36. The van der Waals surface area contributed by atoms with Gasteiger partial charge >= 0.3 is 6.03 Å². The van der Waals surface area contributed by atoms with Gasteiger partial charge in [-0.1, -0.05) is 30.3 Å². The van der Waals surface area contributed by atoms with Gasteiger partial charge in [0.15, 0.2) is 0 Å². The first kappa shape index (κ1) is 17.1. The SMILES string of the molecule is O=C(CNC(=O)N1CC[C@H](Cc2ccccc2)C1)NCc1ccco1. The van der Waals surface area contributed by atoms with Crippen LogP contribution in [0.3, 0.4) is 0 Å². The number of likely N-dealkylation sites (tertiary alicyclic amines) is 1. The number of hydrogen-bond acceptors (Lipinski definition) is 3. The second-order valence-corrected chi connectivity index (χ2v) is 6.31. The molecule has 2 N–H and O–H groups in total. The maximum Gasteiger partial charge on any atom is 0.317 e. The van der Waals surface area contributed by atoms with Gasteiger partial charge < -0.3 is 20.0 Å². The van der Waals surface area contributed by atoms with Gasteiger partial charge in [0.2, 0.25) is 5.91 Å². The summed E-state index contributed by atoms with van der Waals surface area (Å²) in [7, 11) is 0. The van der Waals surface area contributed by atoms with Crippen LogP contribution in [0.15, 0.2) is 53.1 Å². The van der Waals surface area contributed by atoms with Gasteiger partial charge in [-0.3, -0.25) is 4.79 Å². The highest BCUT2D eigenvalue weighted by molar-refractivity contribution is 5.84. The second-order valence-electron chi connectivity index (χ2n) is 6.31. The average Bonchev–Trinajstić information content (AvgIpc) is 3.30. The summed E-state index contributed by atoms with van der Waals surface area (Å²) in [6.45, 7) is 1.76. The molecule has 6 nitrogen and oxygen atoms in total. The van der Waals surface area contributed by atoms with Crippen molar-refractivity contribution >= 4 is 11.9 Å². The van der Waals surface area contributed by atoms with Crippen LogP contribution in [0.4, 0.5) is 4.79 Å². The second kappa shape index (κ2) is 8.37. The molecule has 132 valence electrons. The number of benzene rings is 1. The fourth-order valence-electron chi connectivity index (χ4n) is 3.06. The molecule has 1 aromatic heterocycles. The first-order valence-corrected chi connectivity index (χ1v) is 8.56. The summed E-state index contributed by atoms with van der Waals surface area (Å²) >= 11 is 0. The molecule has 1 saturated heterocycles. The molecule has 6 heteroatoms. The number of carbonyl (C=O) groups excluding carboxylic acids is 2. The van der Waals surface area contributed by atoms with Crippen molar-refractivity contribution in [2.75, 3.05) is 19.6 Å². The Morgan fingerprint density at radius 2 is 1.96 bits per heavy atom. The molecular formula is C19H23N3O3. The van der Waals surface area contributed by atoms with Crippen molar-refractivity contribution in [2.45, 2.75) is 19.4 Å². The minimum Gasteiger partial charge on any atom is -0.467 e. The molecule has 2 aromatic rings. The normalized spacial score (nSPS) is 16.6. The fraction of sp³-hybridized carbons (Fsp3) is 0.368. The molecule has 3 amide bonds. The Labute approximate surface area is 147 Å². The number of hydrogen-bond donors (Lipinski definition) is 2. The summed E-state index contributed by atoms with van der Waals surface area (Å²) in [6, 6.07) is 13.7. The van der Waals surface area contributed by atoms with Crippen LogP contribution in [0.5, 0.6) is 0 Å². The molecule has 1 atom stereocenters. The van der Waals surface area contributed by atoms with Crippen molar-refractivity contribution in [2.24, 2.45) is 5.92 Å². The lowest BCUT2D eigenvalue weighted by molar-refractivity contribution is -0.120. The molecule has 0 unspecified atom stereocenters. The Kier molecular flexibility index (Phi) is 5.72. The molecule has 0 aliphatic carbocycles. The van der Waals surface area contributed by atoms with E-state index in [-0.39, 0.29) is 18.5 Å². The summed E-state index contributed by atoms with van der Waals surface area (Å²) in [5.74, 6) is 0.925. The molecule has 0 spiro atoms. The fourth-order valence-corrected chi connectivity index (χ4v) is 3.06. The Morgan fingerprint density at radius 3 is 2.72 bits per heavy atom. The predicted octanol–water partition coefficient (Wildman–Crippen LogP) is 2.17. The third-order valence-electron chi connectivity index (χ3n) is 4.38. The highest BCUT2D eigenvalue weighted by Crippen LogP contribution is 2.20. The number of amides is 3. The van der Waals surface area contributed by atoms with Crippen LogP contribution < -0.4 is 10.6 Å². The monoisotopic (exact) mass is 341 g/mol. The highest BCUT2D eigenvalue weighted by Gasteiger charge is 2.26. The number of furan rings is 1. The van der Waals surface area contributed by atoms with Crippen LogP contribution in [0.2, 0.25) is 0 Å². The van der Waals surface area contributed by atoms with E-state index in [4.69, 9.17) is 4.42 Å². The molecule has 1 aliphatic rings. The number of carbonyl (C=O) groups is 2. The largest absolute Gasteiger partial charge is 0.467 e. The van der Waals surface area contributed by atoms with Gasteiger partial charge in [0.05, 0.1) is 19.4 Å². The van der Waals surface area contributed by atoms with Crippen LogP contribution in [0.25, 0.3) is 0 Å². The van der Waals surface area contributed by atoms with Crippen molar-refractivity contribution in [3.8, 4) is 0 Å². The van der Waals surface area contributed by atoms with Crippen LogP contribution in [-0.4, -0.2) is 36.5 Å². The standard InChI is InChI=1S/C19H23N3O3/c23-18(20-12-17-7-4-10-25-17)13-21-19(24)22-9-8-16(14-22)11-15-5-2-1-3-6-15/h1-7,10,16H,8-9,11-14H2,(H,20,23)(H,21,24)/t16-/m1/s1. The molecule has 1 fully saturated rings. The molecule has 1 aliphatic heterocycles. The number of rotatable bonds is 6. The van der Waals surface area contributed by atoms with Crippen LogP contribution in [0, 0.1) is 5.92 Å². The summed E-state index contributed by atoms with van der Waals surface area (Å²) in [5, 5.41) is 5.39. The zero-order valence-corrected chi connectivity index (χ0v) is 14.1. The third kappa shape index (κ3) is 5.11. The van der Waals surface area contributed by atoms with E-state index in [0.717, 1.165) is 25.9 Å². The van der Waals surface area contributed by atoms with Crippen molar-refractivity contribution in [3.05, 3.63) is 60.1 Å². The van der Waals surface area contributed by atoms with Gasteiger partial charge in [-0.25, -0.2) is 4.79 Å². The van der Waals surface area contributed by atoms with Crippen molar-refractivity contribution in [1.29, 1.82) is 0 Å². The lowest BCUT2D eigenvalue weighted by Gasteiger charge is -2.17. The third-order valence-corrected chi connectivity index (χ3v) is 4.38. The van der Waals surface area contributed by atoms with E-state index in [1.807, 2.05) is 18.2 Å².